The Hall–Kier alpha value is -1.41. The van der Waals surface area contributed by atoms with Crippen LogP contribution >= 0.6 is 0 Å². The summed E-state index contributed by atoms with van der Waals surface area (Å²) < 4.78 is 35.8. The summed E-state index contributed by atoms with van der Waals surface area (Å²) in [5.74, 6) is 0. The third kappa shape index (κ3) is 2.68. The molecule has 0 saturated carbocycles. The normalized spacial score (nSPS) is 20.1. The van der Waals surface area contributed by atoms with Gasteiger partial charge in [-0.1, -0.05) is 30.3 Å². The molecule has 2 N–H and O–H groups in total. The van der Waals surface area contributed by atoms with Crippen LogP contribution in [0.3, 0.4) is 0 Å². The van der Waals surface area contributed by atoms with Crippen molar-refractivity contribution < 1.29 is 17.7 Å². The van der Waals surface area contributed by atoms with Gasteiger partial charge in [-0.05, 0) is 44.6 Å². The van der Waals surface area contributed by atoms with Crippen molar-refractivity contribution in [2.24, 2.45) is 5.14 Å². The smallest absolute Gasteiger partial charge is 0.399 e. The third-order valence-electron chi connectivity index (χ3n) is 4.73. The van der Waals surface area contributed by atoms with Gasteiger partial charge in [-0.25, -0.2) is 13.6 Å². The Morgan fingerprint density at radius 1 is 0.913 bits per heavy atom. The lowest BCUT2D eigenvalue weighted by Crippen LogP contribution is -2.41. The van der Waals surface area contributed by atoms with Gasteiger partial charge >= 0.3 is 7.12 Å². The van der Waals surface area contributed by atoms with Crippen molar-refractivity contribution in [3.63, 3.8) is 0 Å². The zero-order valence-electron chi connectivity index (χ0n) is 13.7. The predicted molar refractivity (Wildman–Crippen MR) is 91.0 cm³/mol. The first-order valence-electron chi connectivity index (χ1n) is 7.43. The molecule has 0 bridgehead atoms. The summed E-state index contributed by atoms with van der Waals surface area (Å²) in [4.78, 5) is 0.105. The van der Waals surface area contributed by atoms with Crippen molar-refractivity contribution in [1.29, 1.82) is 0 Å². The molecule has 1 aliphatic heterocycles. The van der Waals surface area contributed by atoms with Gasteiger partial charge in [0.25, 0.3) is 0 Å². The summed E-state index contributed by atoms with van der Waals surface area (Å²) in [5.41, 5.74) is -0.124. The Kier molecular flexibility index (Phi) is 3.61. The fourth-order valence-electron chi connectivity index (χ4n) is 2.73. The van der Waals surface area contributed by atoms with Gasteiger partial charge in [0.1, 0.15) is 0 Å². The highest BCUT2D eigenvalue weighted by atomic mass is 32.2. The molecule has 3 rings (SSSR count). The van der Waals surface area contributed by atoms with E-state index in [1.54, 1.807) is 18.2 Å². The number of hydrogen-bond acceptors (Lipinski definition) is 4. The van der Waals surface area contributed by atoms with Crippen LogP contribution in [-0.2, 0) is 19.3 Å². The van der Waals surface area contributed by atoms with E-state index in [0.29, 0.717) is 5.39 Å². The van der Waals surface area contributed by atoms with Crippen molar-refractivity contribution >= 4 is 33.4 Å². The van der Waals surface area contributed by atoms with Crippen LogP contribution in [0, 0.1) is 0 Å². The molecule has 0 aliphatic carbocycles. The highest BCUT2D eigenvalue weighted by Gasteiger charge is 2.52. The van der Waals surface area contributed by atoms with Crippen LogP contribution in [0.4, 0.5) is 0 Å². The molecule has 1 fully saturated rings. The number of rotatable bonds is 2. The molecule has 7 heteroatoms. The summed E-state index contributed by atoms with van der Waals surface area (Å²) in [6.45, 7) is 7.92. The summed E-state index contributed by atoms with van der Waals surface area (Å²) in [6, 6.07) is 10.4. The van der Waals surface area contributed by atoms with Gasteiger partial charge in [-0.15, -0.1) is 0 Å². The van der Waals surface area contributed by atoms with Crippen molar-refractivity contribution in [1.82, 2.24) is 0 Å². The number of nitrogens with two attached hydrogens (primary N) is 1. The lowest BCUT2D eigenvalue weighted by Gasteiger charge is -2.32. The minimum absolute atomic E-state index is 0.105. The fourth-order valence-corrected chi connectivity index (χ4v) is 3.48. The van der Waals surface area contributed by atoms with Gasteiger partial charge < -0.3 is 9.31 Å². The standard InChI is InChI=1S/C16H20BNO4S/c1-15(2)16(3,4)22-17(21-15)13-9-5-8-12-11(13)7-6-10-14(12)23(18,19)20/h5-10H,1-4H3,(H2,18,19,20). The maximum absolute atomic E-state index is 11.8. The quantitative estimate of drug-likeness (QED) is 0.850. The van der Waals surface area contributed by atoms with Crippen LogP contribution in [0.2, 0.25) is 0 Å². The Labute approximate surface area is 137 Å². The van der Waals surface area contributed by atoms with E-state index in [1.807, 2.05) is 39.8 Å². The van der Waals surface area contributed by atoms with Crippen LogP contribution < -0.4 is 10.6 Å². The molecule has 0 atom stereocenters. The first-order chi connectivity index (χ1) is 10.5. The van der Waals surface area contributed by atoms with E-state index >= 15 is 0 Å². The first kappa shape index (κ1) is 16.5. The second-order valence-corrected chi connectivity index (χ2v) is 8.36. The second kappa shape index (κ2) is 5.04. The van der Waals surface area contributed by atoms with Gasteiger partial charge in [0.15, 0.2) is 0 Å². The minimum Gasteiger partial charge on any atom is -0.399 e. The fraction of sp³-hybridized carbons (Fsp3) is 0.375. The van der Waals surface area contributed by atoms with Crippen LogP contribution in [0.5, 0.6) is 0 Å². The van der Waals surface area contributed by atoms with Crippen LogP contribution in [-0.4, -0.2) is 26.7 Å². The molecule has 1 aliphatic rings. The highest BCUT2D eigenvalue weighted by Crippen LogP contribution is 2.37. The monoisotopic (exact) mass is 333 g/mol. The van der Waals surface area contributed by atoms with E-state index in [9.17, 15) is 8.42 Å². The van der Waals surface area contributed by atoms with Crippen LogP contribution in [0.15, 0.2) is 41.3 Å². The SMILES string of the molecule is CC1(C)OB(c2cccc3c(S(N)(=O)=O)cccc23)OC1(C)C. The molecule has 1 heterocycles. The molecule has 0 amide bonds. The third-order valence-corrected chi connectivity index (χ3v) is 5.70. The number of primary sulfonamides is 1. The average Bonchev–Trinajstić information content (AvgIpc) is 2.65. The molecule has 0 spiro atoms. The van der Waals surface area contributed by atoms with E-state index in [4.69, 9.17) is 14.4 Å². The van der Waals surface area contributed by atoms with Gasteiger partial charge in [-0.3, -0.25) is 0 Å². The number of fused-ring (bicyclic) bond motifs is 1. The Morgan fingerprint density at radius 2 is 1.43 bits per heavy atom. The average molecular weight is 333 g/mol. The maximum Gasteiger partial charge on any atom is 0.495 e. The second-order valence-electron chi connectivity index (χ2n) is 6.83. The maximum atomic E-state index is 11.8. The molecular weight excluding hydrogens is 313 g/mol. The zero-order chi connectivity index (χ0) is 17.0. The zero-order valence-corrected chi connectivity index (χ0v) is 14.5. The van der Waals surface area contributed by atoms with Crippen molar-refractivity contribution in [3.8, 4) is 0 Å². The summed E-state index contributed by atoms with van der Waals surface area (Å²) in [6.07, 6.45) is 0. The van der Waals surface area contributed by atoms with Gasteiger partial charge in [0, 0.05) is 5.39 Å². The van der Waals surface area contributed by atoms with E-state index in [1.165, 1.54) is 6.07 Å². The predicted octanol–water partition coefficient (Wildman–Crippen LogP) is 1.79. The molecule has 0 unspecified atom stereocenters. The largest absolute Gasteiger partial charge is 0.495 e. The first-order valence-corrected chi connectivity index (χ1v) is 8.98. The molecule has 122 valence electrons. The molecule has 0 radical (unpaired) electrons. The Bertz CT molecular complexity index is 861. The number of sulfonamides is 1. The van der Waals surface area contributed by atoms with E-state index in [0.717, 1.165) is 10.8 Å². The van der Waals surface area contributed by atoms with Crippen LogP contribution in [0.1, 0.15) is 27.7 Å². The van der Waals surface area contributed by atoms with E-state index in [-0.39, 0.29) is 4.90 Å². The Balaban J connectivity index is 2.18. The number of benzene rings is 2. The van der Waals surface area contributed by atoms with Gasteiger partial charge in [0.2, 0.25) is 10.0 Å². The van der Waals surface area contributed by atoms with E-state index < -0.39 is 28.3 Å². The van der Waals surface area contributed by atoms with Gasteiger partial charge in [-0.2, -0.15) is 0 Å². The summed E-state index contributed by atoms with van der Waals surface area (Å²) in [5, 5.41) is 6.66. The Morgan fingerprint density at radius 3 is 2.00 bits per heavy atom. The molecule has 2 aromatic rings. The summed E-state index contributed by atoms with van der Waals surface area (Å²) >= 11 is 0. The molecule has 0 aromatic heterocycles. The molecule has 23 heavy (non-hydrogen) atoms. The lowest BCUT2D eigenvalue weighted by molar-refractivity contribution is 0.00578. The minimum atomic E-state index is -3.80. The number of hydrogen-bond donors (Lipinski definition) is 1. The van der Waals surface area contributed by atoms with E-state index in [2.05, 4.69) is 0 Å². The molecule has 5 nitrogen and oxygen atoms in total. The highest BCUT2D eigenvalue weighted by molar-refractivity contribution is 7.89. The van der Waals surface area contributed by atoms with Gasteiger partial charge in [0.05, 0.1) is 16.1 Å². The molecule has 1 saturated heterocycles. The molecule has 2 aromatic carbocycles. The molecular formula is C16H20BNO4S. The van der Waals surface area contributed by atoms with Crippen molar-refractivity contribution in [3.05, 3.63) is 36.4 Å². The van der Waals surface area contributed by atoms with Crippen molar-refractivity contribution in [2.75, 3.05) is 0 Å². The topological polar surface area (TPSA) is 78.6 Å². The van der Waals surface area contributed by atoms with Crippen LogP contribution in [0.25, 0.3) is 10.8 Å². The van der Waals surface area contributed by atoms with Crippen molar-refractivity contribution in [2.45, 2.75) is 43.8 Å². The lowest BCUT2D eigenvalue weighted by atomic mass is 9.76. The summed E-state index contributed by atoms with van der Waals surface area (Å²) in [7, 11) is -4.35.